The smallest absolute Gasteiger partial charge is 0.0502 e. The summed E-state index contributed by atoms with van der Waals surface area (Å²) in [5.41, 5.74) is 3.72. The van der Waals surface area contributed by atoms with Crippen LogP contribution >= 0.6 is 15.9 Å². The summed E-state index contributed by atoms with van der Waals surface area (Å²) < 4.78 is 1.07. The van der Waals surface area contributed by atoms with Crippen molar-refractivity contribution < 1.29 is 5.11 Å². The molecule has 1 unspecified atom stereocenters. The molecule has 94 valence electrons. The van der Waals surface area contributed by atoms with E-state index in [1.54, 1.807) is 0 Å². The lowest BCUT2D eigenvalue weighted by molar-refractivity contribution is 0.264. The van der Waals surface area contributed by atoms with Crippen LogP contribution in [0.4, 0.5) is 0 Å². The van der Waals surface area contributed by atoms with Gasteiger partial charge >= 0.3 is 0 Å². The molecule has 2 aromatic carbocycles. The van der Waals surface area contributed by atoms with Crippen LogP contribution in [0, 0.1) is 6.92 Å². The van der Waals surface area contributed by atoms with Gasteiger partial charge in [-0.2, -0.15) is 0 Å². The molecule has 0 heterocycles. The van der Waals surface area contributed by atoms with E-state index in [1.165, 1.54) is 16.7 Å². The predicted octanol–water partition coefficient (Wildman–Crippen LogP) is 4.08. The molecule has 0 bridgehead atoms. The van der Waals surface area contributed by atoms with Crippen LogP contribution in [0.3, 0.4) is 0 Å². The third-order valence-electron chi connectivity index (χ3n) is 3.13. The van der Waals surface area contributed by atoms with E-state index >= 15 is 0 Å². The topological polar surface area (TPSA) is 20.2 Å². The fourth-order valence-electron chi connectivity index (χ4n) is 2.15. The number of halogens is 1. The van der Waals surface area contributed by atoms with E-state index in [4.69, 9.17) is 0 Å². The van der Waals surface area contributed by atoms with Gasteiger partial charge in [-0.25, -0.2) is 0 Å². The van der Waals surface area contributed by atoms with Gasteiger partial charge in [-0.1, -0.05) is 57.9 Å². The first-order valence-electron chi connectivity index (χ1n) is 6.11. The highest BCUT2D eigenvalue weighted by molar-refractivity contribution is 9.10. The summed E-state index contributed by atoms with van der Waals surface area (Å²) in [5.74, 6) is 0.167. The molecule has 0 saturated heterocycles. The van der Waals surface area contributed by atoms with E-state index in [1.807, 2.05) is 12.1 Å². The van der Waals surface area contributed by atoms with Crippen molar-refractivity contribution in [1.82, 2.24) is 0 Å². The molecular formula is C16H17BrO. The molecule has 0 fully saturated rings. The Balaban J connectivity index is 2.17. The highest BCUT2D eigenvalue weighted by Crippen LogP contribution is 2.22. The maximum absolute atomic E-state index is 9.57. The Morgan fingerprint density at radius 3 is 2.44 bits per heavy atom. The third kappa shape index (κ3) is 3.44. The summed E-state index contributed by atoms with van der Waals surface area (Å²) in [5, 5.41) is 9.57. The summed E-state index contributed by atoms with van der Waals surface area (Å²) in [6.45, 7) is 2.27. The second-order valence-electron chi connectivity index (χ2n) is 4.62. The van der Waals surface area contributed by atoms with Gasteiger partial charge < -0.3 is 5.11 Å². The molecule has 0 aliphatic rings. The van der Waals surface area contributed by atoms with Gasteiger partial charge in [0.2, 0.25) is 0 Å². The first-order chi connectivity index (χ1) is 8.69. The zero-order chi connectivity index (χ0) is 13.0. The molecule has 0 saturated carbocycles. The van der Waals surface area contributed by atoms with Gasteiger partial charge in [0, 0.05) is 10.4 Å². The predicted molar refractivity (Wildman–Crippen MR) is 78.9 cm³/mol. The fraction of sp³-hybridized carbons (Fsp3) is 0.250. The highest BCUT2D eigenvalue weighted by Gasteiger charge is 2.11. The van der Waals surface area contributed by atoms with Crippen LogP contribution < -0.4 is 0 Å². The van der Waals surface area contributed by atoms with Crippen molar-refractivity contribution in [3.8, 4) is 0 Å². The molecule has 1 N–H and O–H groups in total. The normalized spacial score (nSPS) is 12.4. The van der Waals surface area contributed by atoms with E-state index < -0.39 is 0 Å². The van der Waals surface area contributed by atoms with Gasteiger partial charge in [0.25, 0.3) is 0 Å². The highest BCUT2D eigenvalue weighted by atomic mass is 79.9. The van der Waals surface area contributed by atoms with Gasteiger partial charge in [0.1, 0.15) is 0 Å². The Morgan fingerprint density at radius 1 is 1.11 bits per heavy atom. The summed E-state index contributed by atoms with van der Waals surface area (Å²) in [6, 6.07) is 16.7. The van der Waals surface area contributed by atoms with E-state index in [0.717, 1.165) is 10.9 Å². The minimum atomic E-state index is 0.167. The maximum Gasteiger partial charge on any atom is 0.0502 e. The zero-order valence-corrected chi connectivity index (χ0v) is 12.0. The molecule has 0 spiro atoms. The van der Waals surface area contributed by atoms with Gasteiger partial charge in [-0.05, 0) is 36.6 Å². The van der Waals surface area contributed by atoms with E-state index in [-0.39, 0.29) is 12.5 Å². The van der Waals surface area contributed by atoms with Crippen molar-refractivity contribution in [2.45, 2.75) is 19.3 Å². The third-order valence-corrected chi connectivity index (χ3v) is 3.66. The van der Waals surface area contributed by atoms with Crippen LogP contribution in [-0.2, 0) is 6.42 Å². The number of hydrogen-bond acceptors (Lipinski definition) is 1. The monoisotopic (exact) mass is 304 g/mol. The SMILES string of the molecule is Cc1cccc(CC(CO)c2ccc(Br)cc2)c1. The Labute approximate surface area is 117 Å². The maximum atomic E-state index is 9.57. The van der Waals surface area contributed by atoms with Crippen LogP contribution in [0.1, 0.15) is 22.6 Å². The Morgan fingerprint density at radius 2 is 1.83 bits per heavy atom. The molecule has 0 amide bonds. The standard InChI is InChI=1S/C16H17BrO/c1-12-3-2-4-13(9-12)10-15(11-18)14-5-7-16(17)8-6-14/h2-9,15,18H,10-11H2,1H3. The number of aliphatic hydroxyl groups excluding tert-OH is 1. The molecule has 2 rings (SSSR count). The largest absolute Gasteiger partial charge is 0.396 e. The van der Waals surface area contributed by atoms with Crippen molar-refractivity contribution in [2.75, 3.05) is 6.61 Å². The number of hydrogen-bond donors (Lipinski definition) is 1. The van der Waals surface area contributed by atoms with Crippen molar-refractivity contribution >= 4 is 15.9 Å². The van der Waals surface area contributed by atoms with Gasteiger partial charge in [0.05, 0.1) is 6.61 Å². The molecule has 1 nitrogen and oxygen atoms in total. The molecular weight excluding hydrogens is 288 g/mol. The van der Waals surface area contributed by atoms with E-state index in [0.29, 0.717) is 0 Å². The van der Waals surface area contributed by atoms with Crippen LogP contribution in [0.15, 0.2) is 53.0 Å². The summed E-state index contributed by atoms with van der Waals surface area (Å²) in [7, 11) is 0. The number of aryl methyl sites for hydroxylation is 1. The Hall–Kier alpha value is -1.12. The van der Waals surface area contributed by atoms with Crippen molar-refractivity contribution in [1.29, 1.82) is 0 Å². The number of aliphatic hydroxyl groups is 1. The zero-order valence-electron chi connectivity index (χ0n) is 10.4. The lowest BCUT2D eigenvalue weighted by Gasteiger charge is -2.15. The lowest BCUT2D eigenvalue weighted by Crippen LogP contribution is -2.07. The molecule has 0 radical (unpaired) electrons. The molecule has 18 heavy (non-hydrogen) atoms. The van der Waals surface area contributed by atoms with Crippen molar-refractivity contribution in [2.24, 2.45) is 0 Å². The molecule has 0 aliphatic heterocycles. The fourth-order valence-corrected chi connectivity index (χ4v) is 2.41. The summed E-state index contributed by atoms with van der Waals surface area (Å²) >= 11 is 3.43. The van der Waals surface area contributed by atoms with E-state index in [2.05, 4.69) is 59.3 Å². The van der Waals surface area contributed by atoms with Crippen molar-refractivity contribution in [3.05, 3.63) is 69.7 Å². The molecule has 2 heteroatoms. The van der Waals surface area contributed by atoms with Crippen LogP contribution in [0.5, 0.6) is 0 Å². The number of rotatable bonds is 4. The van der Waals surface area contributed by atoms with Crippen molar-refractivity contribution in [3.63, 3.8) is 0 Å². The molecule has 1 atom stereocenters. The average Bonchev–Trinajstić information content (AvgIpc) is 2.37. The summed E-state index contributed by atoms with van der Waals surface area (Å²) in [6.07, 6.45) is 0.875. The van der Waals surface area contributed by atoms with Gasteiger partial charge in [0.15, 0.2) is 0 Å². The van der Waals surface area contributed by atoms with E-state index in [9.17, 15) is 5.11 Å². The number of benzene rings is 2. The molecule has 0 aliphatic carbocycles. The van der Waals surface area contributed by atoms with Crippen LogP contribution in [0.2, 0.25) is 0 Å². The average molecular weight is 305 g/mol. The second-order valence-corrected chi connectivity index (χ2v) is 5.54. The minimum absolute atomic E-state index is 0.167. The Kier molecular flexibility index (Phi) is 4.56. The van der Waals surface area contributed by atoms with Crippen LogP contribution in [-0.4, -0.2) is 11.7 Å². The lowest BCUT2D eigenvalue weighted by atomic mass is 9.92. The van der Waals surface area contributed by atoms with Gasteiger partial charge in [-0.3, -0.25) is 0 Å². The van der Waals surface area contributed by atoms with Crippen LogP contribution in [0.25, 0.3) is 0 Å². The first-order valence-corrected chi connectivity index (χ1v) is 6.90. The van der Waals surface area contributed by atoms with Gasteiger partial charge in [-0.15, -0.1) is 0 Å². The second kappa shape index (κ2) is 6.17. The molecule has 2 aromatic rings. The summed E-state index contributed by atoms with van der Waals surface area (Å²) in [4.78, 5) is 0. The first kappa shape index (κ1) is 13.3. The molecule has 0 aromatic heterocycles. The Bertz CT molecular complexity index is 505. The minimum Gasteiger partial charge on any atom is -0.396 e. The quantitative estimate of drug-likeness (QED) is 0.902.